The van der Waals surface area contributed by atoms with Gasteiger partial charge in [-0.2, -0.15) is 10.5 Å². The van der Waals surface area contributed by atoms with Gasteiger partial charge in [0, 0.05) is 10.4 Å². The number of nitrogens with two attached hydrogens (primary N) is 1. The molecule has 0 aromatic heterocycles. The van der Waals surface area contributed by atoms with Crippen LogP contribution in [0.15, 0.2) is 33.7 Å². The van der Waals surface area contributed by atoms with Crippen LogP contribution >= 0.6 is 28.1 Å². The highest BCUT2D eigenvalue weighted by molar-refractivity contribution is 9.10. The van der Waals surface area contributed by atoms with Crippen molar-refractivity contribution in [3.63, 3.8) is 0 Å². The molecule has 4 nitrogen and oxygen atoms in total. The molecule has 3 unspecified atom stereocenters. The van der Waals surface area contributed by atoms with Crippen molar-refractivity contribution in [1.82, 2.24) is 0 Å². The zero-order valence-corrected chi connectivity index (χ0v) is 12.1. The molecule has 19 heavy (non-hydrogen) atoms. The molecule has 1 aromatic carbocycles. The first-order chi connectivity index (χ1) is 9.08. The molecule has 1 aliphatic rings. The number of thiocarbonyl (C=S) groups is 1. The molecule has 1 aliphatic heterocycles. The normalized spacial score (nSPS) is 26.2. The molecular weight excluding hydrogens is 324 g/mol. The highest BCUT2D eigenvalue weighted by Gasteiger charge is 2.39. The number of nitriles is 2. The van der Waals surface area contributed by atoms with Gasteiger partial charge >= 0.3 is 0 Å². The molecule has 94 valence electrons. The van der Waals surface area contributed by atoms with Gasteiger partial charge in [0.2, 0.25) is 0 Å². The molecule has 0 aliphatic carbocycles. The van der Waals surface area contributed by atoms with E-state index in [9.17, 15) is 10.5 Å². The summed E-state index contributed by atoms with van der Waals surface area (Å²) < 4.78 is 0.880. The van der Waals surface area contributed by atoms with Crippen molar-refractivity contribution in [2.45, 2.75) is 5.92 Å². The zero-order chi connectivity index (χ0) is 14.0. The lowest BCUT2D eigenvalue weighted by Crippen LogP contribution is -2.39. The van der Waals surface area contributed by atoms with E-state index in [0.717, 1.165) is 10.0 Å². The van der Waals surface area contributed by atoms with Crippen molar-refractivity contribution in [1.29, 1.82) is 10.5 Å². The number of benzene rings is 1. The second-order valence-electron chi connectivity index (χ2n) is 4.17. The molecule has 2 N–H and O–H groups in total. The number of nitrogens with zero attached hydrogens (tertiary/aromatic N) is 3. The van der Waals surface area contributed by atoms with Gasteiger partial charge < -0.3 is 5.73 Å². The summed E-state index contributed by atoms with van der Waals surface area (Å²) >= 11 is 8.49. The number of aliphatic imine (C=N–C) groups is 1. The lowest BCUT2D eigenvalue weighted by Gasteiger charge is -2.29. The van der Waals surface area contributed by atoms with Gasteiger partial charge in [0.05, 0.1) is 12.1 Å². The first-order valence-corrected chi connectivity index (χ1v) is 6.71. The molecule has 0 fully saturated rings. The fourth-order valence-corrected chi connectivity index (χ4v) is 2.90. The first kappa shape index (κ1) is 13.7. The molecule has 0 saturated carbocycles. The first-order valence-electron chi connectivity index (χ1n) is 5.51. The van der Waals surface area contributed by atoms with Crippen molar-refractivity contribution < 1.29 is 0 Å². The Kier molecular flexibility index (Phi) is 3.94. The Morgan fingerprint density at radius 2 is 1.95 bits per heavy atom. The van der Waals surface area contributed by atoms with Gasteiger partial charge in [-0.1, -0.05) is 40.3 Å². The van der Waals surface area contributed by atoms with E-state index in [2.05, 4.69) is 33.1 Å². The highest BCUT2D eigenvalue weighted by Crippen LogP contribution is 2.37. The maximum atomic E-state index is 9.29. The summed E-state index contributed by atoms with van der Waals surface area (Å²) in [5, 5.41) is 18.6. The van der Waals surface area contributed by atoms with Crippen LogP contribution in [0.1, 0.15) is 11.5 Å². The Morgan fingerprint density at radius 3 is 2.53 bits per heavy atom. The predicted octanol–water partition coefficient (Wildman–Crippen LogP) is 2.51. The summed E-state index contributed by atoms with van der Waals surface area (Å²) in [6.07, 6.45) is 0. The van der Waals surface area contributed by atoms with E-state index in [4.69, 9.17) is 18.0 Å². The van der Waals surface area contributed by atoms with Gasteiger partial charge in [-0.05, 0) is 17.7 Å². The summed E-state index contributed by atoms with van der Waals surface area (Å²) in [6.45, 7) is 0. The molecule has 0 amide bonds. The number of rotatable bonds is 1. The van der Waals surface area contributed by atoms with Gasteiger partial charge in [0.25, 0.3) is 0 Å². The van der Waals surface area contributed by atoms with Gasteiger partial charge in [-0.15, -0.1) is 0 Å². The van der Waals surface area contributed by atoms with E-state index in [1.807, 2.05) is 24.3 Å². The van der Waals surface area contributed by atoms with Crippen molar-refractivity contribution >= 4 is 39.0 Å². The van der Waals surface area contributed by atoms with Crippen LogP contribution in [0.25, 0.3) is 0 Å². The fraction of sp³-hybridized carbons (Fsp3) is 0.231. The molecule has 0 radical (unpaired) electrons. The topological polar surface area (TPSA) is 86.0 Å². The minimum Gasteiger partial charge on any atom is -0.386 e. The van der Waals surface area contributed by atoms with Crippen molar-refractivity contribution in [3.05, 3.63) is 34.3 Å². The molecule has 0 saturated heterocycles. The van der Waals surface area contributed by atoms with Gasteiger partial charge in [0.15, 0.2) is 0 Å². The van der Waals surface area contributed by atoms with Crippen LogP contribution in [-0.2, 0) is 0 Å². The number of hydrogen-bond donors (Lipinski definition) is 1. The lowest BCUT2D eigenvalue weighted by molar-refractivity contribution is 0.561. The van der Waals surface area contributed by atoms with Gasteiger partial charge in [0.1, 0.15) is 22.7 Å². The molecule has 0 bridgehead atoms. The molecule has 3 atom stereocenters. The van der Waals surface area contributed by atoms with E-state index < -0.39 is 11.8 Å². The average Bonchev–Trinajstić information content (AvgIpc) is 2.38. The quantitative estimate of drug-likeness (QED) is 0.800. The smallest absolute Gasteiger partial charge is 0.123 e. The van der Waals surface area contributed by atoms with E-state index in [1.165, 1.54) is 0 Å². The standard InChI is InChI=1S/C13H9BrN4S/c14-8-3-1-2-7(4-8)11-9(5-15)12(17)18-13(19)10(11)6-16/h1-4,9-11H,(H2,17,18,19). The van der Waals surface area contributed by atoms with E-state index in [0.29, 0.717) is 0 Å². The SMILES string of the molecule is N#CC1C(=S)N=C(N)C(C#N)C1c1cccc(Br)c1. The second-order valence-corrected chi connectivity index (χ2v) is 5.50. The maximum absolute atomic E-state index is 9.29. The number of amidine groups is 1. The van der Waals surface area contributed by atoms with Crippen LogP contribution in [-0.4, -0.2) is 10.8 Å². The lowest BCUT2D eigenvalue weighted by atomic mass is 9.75. The van der Waals surface area contributed by atoms with Gasteiger partial charge in [-0.3, -0.25) is 0 Å². The molecule has 2 rings (SSSR count). The Morgan fingerprint density at radius 1 is 1.26 bits per heavy atom. The zero-order valence-electron chi connectivity index (χ0n) is 9.75. The summed E-state index contributed by atoms with van der Waals surface area (Å²) in [5.41, 5.74) is 6.64. The Bertz CT molecular complexity index is 641. The number of hydrogen-bond acceptors (Lipinski definition) is 4. The van der Waals surface area contributed by atoms with Crippen LogP contribution in [0, 0.1) is 34.5 Å². The number of halogens is 1. The highest BCUT2D eigenvalue weighted by atomic mass is 79.9. The van der Waals surface area contributed by atoms with Crippen molar-refractivity contribution in [2.75, 3.05) is 0 Å². The average molecular weight is 333 g/mol. The maximum Gasteiger partial charge on any atom is 0.123 e. The van der Waals surface area contributed by atoms with Crippen LogP contribution in [0.4, 0.5) is 0 Å². The van der Waals surface area contributed by atoms with Crippen LogP contribution < -0.4 is 5.73 Å². The largest absolute Gasteiger partial charge is 0.386 e. The molecule has 1 aromatic rings. The Balaban J connectivity index is 2.57. The van der Waals surface area contributed by atoms with E-state index >= 15 is 0 Å². The molecular formula is C13H9BrN4S. The minimum atomic E-state index is -0.634. The predicted molar refractivity (Wildman–Crippen MR) is 79.3 cm³/mol. The molecule has 6 heteroatoms. The Labute approximate surface area is 124 Å². The van der Waals surface area contributed by atoms with Crippen LogP contribution in [0.5, 0.6) is 0 Å². The summed E-state index contributed by atoms with van der Waals surface area (Å²) in [4.78, 5) is 4.20. The summed E-state index contributed by atoms with van der Waals surface area (Å²) in [5.74, 6) is -1.44. The van der Waals surface area contributed by atoms with Crippen LogP contribution in [0.3, 0.4) is 0 Å². The second kappa shape index (κ2) is 5.48. The van der Waals surface area contributed by atoms with E-state index in [-0.39, 0.29) is 16.7 Å². The third-order valence-corrected chi connectivity index (χ3v) is 3.89. The minimum absolute atomic E-state index is 0.184. The third kappa shape index (κ3) is 2.51. The summed E-state index contributed by atoms with van der Waals surface area (Å²) in [6, 6.07) is 11.7. The molecule has 1 heterocycles. The monoisotopic (exact) mass is 332 g/mol. The van der Waals surface area contributed by atoms with E-state index in [1.54, 1.807) is 0 Å². The van der Waals surface area contributed by atoms with Crippen LogP contribution in [0.2, 0.25) is 0 Å². The van der Waals surface area contributed by atoms with Crippen molar-refractivity contribution in [3.8, 4) is 12.1 Å². The van der Waals surface area contributed by atoms with Crippen molar-refractivity contribution in [2.24, 2.45) is 22.6 Å². The third-order valence-electron chi connectivity index (χ3n) is 3.05. The molecule has 0 spiro atoms. The fourth-order valence-electron chi connectivity index (χ4n) is 2.18. The van der Waals surface area contributed by atoms with Gasteiger partial charge in [-0.25, -0.2) is 4.99 Å². The Hall–Kier alpha value is -1.76. The summed E-state index contributed by atoms with van der Waals surface area (Å²) in [7, 11) is 0.